The van der Waals surface area contributed by atoms with E-state index >= 15 is 0 Å². The van der Waals surface area contributed by atoms with E-state index in [0.29, 0.717) is 6.54 Å². The molecule has 0 bridgehead atoms. The third-order valence-electron chi connectivity index (χ3n) is 4.42. The van der Waals surface area contributed by atoms with Gasteiger partial charge in [-0.2, -0.15) is 0 Å². The van der Waals surface area contributed by atoms with Gasteiger partial charge in [-0.05, 0) is 43.2 Å². The summed E-state index contributed by atoms with van der Waals surface area (Å²) in [6.07, 6.45) is 2.52. The summed E-state index contributed by atoms with van der Waals surface area (Å²) in [7, 11) is 1.65. The molecule has 3 rings (SSSR count). The maximum absolute atomic E-state index is 12.1. The van der Waals surface area contributed by atoms with Crippen LogP contribution in [0.1, 0.15) is 18.4 Å². The zero-order valence-electron chi connectivity index (χ0n) is 14.6. The standard InChI is InChI=1S/C20H25N3O2/c1-25-19-7-3-2-6-16(19)14-21-15-20(24)22-17-8-10-18(11-9-17)23-12-4-5-13-23/h2-3,6-11,21H,4-5,12-15H2,1H3,(H,22,24). The Kier molecular flexibility index (Phi) is 5.90. The summed E-state index contributed by atoms with van der Waals surface area (Å²) in [5.41, 5.74) is 3.09. The van der Waals surface area contributed by atoms with Crippen molar-refractivity contribution >= 4 is 17.3 Å². The number of hydrogen-bond donors (Lipinski definition) is 2. The molecule has 2 aromatic carbocycles. The number of ether oxygens (including phenoxy) is 1. The normalized spacial score (nSPS) is 13.7. The minimum Gasteiger partial charge on any atom is -0.496 e. The van der Waals surface area contributed by atoms with Gasteiger partial charge in [0.1, 0.15) is 5.75 Å². The van der Waals surface area contributed by atoms with Gasteiger partial charge in [-0.1, -0.05) is 18.2 Å². The number of benzene rings is 2. The largest absolute Gasteiger partial charge is 0.496 e. The highest BCUT2D eigenvalue weighted by Gasteiger charge is 2.12. The highest BCUT2D eigenvalue weighted by Crippen LogP contribution is 2.22. The maximum Gasteiger partial charge on any atom is 0.238 e. The minimum absolute atomic E-state index is 0.0520. The van der Waals surface area contributed by atoms with E-state index < -0.39 is 0 Å². The first-order valence-electron chi connectivity index (χ1n) is 8.74. The van der Waals surface area contributed by atoms with Crippen molar-refractivity contribution in [2.75, 3.05) is 37.0 Å². The van der Waals surface area contributed by atoms with Crippen molar-refractivity contribution in [1.82, 2.24) is 5.32 Å². The molecule has 25 heavy (non-hydrogen) atoms. The Hall–Kier alpha value is -2.53. The van der Waals surface area contributed by atoms with Crippen molar-refractivity contribution < 1.29 is 9.53 Å². The summed E-state index contributed by atoms with van der Waals surface area (Å²) >= 11 is 0. The van der Waals surface area contributed by atoms with Crippen LogP contribution in [0.4, 0.5) is 11.4 Å². The molecule has 2 aromatic rings. The van der Waals surface area contributed by atoms with Gasteiger partial charge < -0.3 is 20.3 Å². The van der Waals surface area contributed by atoms with Crippen molar-refractivity contribution in [3.63, 3.8) is 0 Å². The highest BCUT2D eigenvalue weighted by atomic mass is 16.5. The fourth-order valence-corrected chi connectivity index (χ4v) is 3.10. The second-order valence-electron chi connectivity index (χ2n) is 6.20. The Morgan fingerprint density at radius 2 is 1.80 bits per heavy atom. The van der Waals surface area contributed by atoms with Crippen molar-refractivity contribution in [3.05, 3.63) is 54.1 Å². The van der Waals surface area contributed by atoms with Crippen LogP contribution in [-0.2, 0) is 11.3 Å². The summed E-state index contributed by atoms with van der Waals surface area (Å²) in [4.78, 5) is 14.5. The van der Waals surface area contributed by atoms with Gasteiger partial charge in [-0.15, -0.1) is 0 Å². The molecule has 0 radical (unpaired) electrons. The van der Waals surface area contributed by atoms with Gasteiger partial charge in [0.25, 0.3) is 0 Å². The lowest BCUT2D eigenvalue weighted by molar-refractivity contribution is -0.115. The molecule has 5 nitrogen and oxygen atoms in total. The smallest absolute Gasteiger partial charge is 0.238 e. The van der Waals surface area contributed by atoms with E-state index in [1.165, 1.54) is 18.5 Å². The van der Waals surface area contributed by atoms with Crippen LogP contribution in [0.3, 0.4) is 0 Å². The molecule has 0 aromatic heterocycles. The zero-order valence-corrected chi connectivity index (χ0v) is 14.6. The molecule has 0 aliphatic carbocycles. The molecule has 1 aliphatic heterocycles. The number of carbonyl (C=O) groups is 1. The van der Waals surface area contributed by atoms with E-state index in [1.807, 2.05) is 36.4 Å². The van der Waals surface area contributed by atoms with E-state index in [1.54, 1.807) is 7.11 Å². The summed E-state index contributed by atoms with van der Waals surface area (Å²) in [6, 6.07) is 15.9. The average Bonchev–Trinajstić information content (AvgIpc) is 3.17. The number of anilines is 2. The lowest BCUT2D eigenvalue weighted by Crippen LogP contribution is -2.27. The molecular weight excluding hydrogens is 314 g/mol. The van der Waals surface area contributed by atoms with E-state index in [-0.39, 0.29) is 12.5 Å². The molecule has 1 saturated heterocycles. The Labute approximate surface area is 149 Å². The van der Waals surface area contributed by atoms with E-state index in [2.05, 4.69) is 27.7 Å². The van der Waals surface area contributed by atoms with Crippen LogP contribution in [0.25, 0.3) is 0 Å². The first kappa shape index (κ1) is 17.3. The molecule has 1 aliphatic rings. The summed E-state index contributed by atoms with van der Waals surface area (Å²) in [5.74, 6) is 0.775. The molecule has 0 atom stereocenters. The molecule has 0 unspecified atom stereocenters. The molecule has 1 heterocycles. The number of nitrogens with one attached hydrogen (secondary N) is 2. The molecule has 5 heteroatoms. The maximum atomic E-state index is 12.1. The zero-order chi connectivity index (χ0) is 17.5. The number of para-hydroxylation sites is 1. The highest BCUT2D eigenvalue weighted by molar-refractivity contribution is 5.92. The number of hydrogen-bond acceptors (Lipinski definition) is 4. The Morgan fingerprint density at radius 3 is 2.52 bits per heavy atom. The molecule has 1 amide bonds. The summed E-state index contributed by atoms with van der Waals surface area (Å²) < 4.78 is 5.31. The number of methoxy groups -OCH3 is 1. The second-order valence-corrected chi connectivity index (χ2v) is 6.20. The van der Waals surface area contributed by atoms with Gasteiger partial charge >= 0.3 is 0 Å². The third-order valence-corrected chi connectivity index (χ3v) is 4.42. The predicted molar refractivity (Wildman–Crippen MR) is 101 cm³/mol. The Morgan fingerprint density at radius 1 is 1.08 bits per heavy atom. The van der Waals surface area contributed by atoms with Gasteiger partial charge in [0, 0.05) is 36.6 Å². The van der Waals surface area contributed by atoms with E-state index in [0.717, 1.165) is 30.1 Å². The molecule has 132 valence electrons. The SMILES string of the molecule is COc1ccccc1CNCC(=O)Nc1ccc(N2CCCC2)cc1. The predicted octanol–water partition coefficient (Wildman–Crippen LogP) is 3.02. The molecule has 2 N–H and O–H groups in total. The first-order chi connectivity index (χ1) is 12.3. The minimum atomic E-state index is -0.0520. The van der Waals surface area contributed by atoms with Crippen LogP contribution in [0, 0.1) is 0 Å². The molecule has 1 fully saturated rings. The van der Waals surface area contributed by atoms with Gasteiger partial charge in [0.05, 0.1) is 13.7 Å². The average molecular weight is 339 g/mol. The fourth-order valence-electron chi connectivity index (χ4n) is 3.10. The number of amides is 1. The quantitative estimate of drug-likeness (QED) is 0.814. The summed E-state index contributed by atoms with van der Waals surface area (Å²) in [6.45, 7) is 3.09. The first-order valence-corrected chi connectivity index (χ1v) is 8.74. The van der Waals surface area contributed by atoms with Gasteiger partial charge in [-0.25, -0.2) is 0 Å². The van der Waals surface area contributed by atoms with Gasteiger partial charge in [0.15, 0.2) is 0 Å². The van der Waals surface area contributed by atoms with Crippen LogP contribution in [0.5, 0.6) is 5.75 Å². The lowest BCUT2D eigenvalue weighted by Gasteiger charge is -2.17. The van der Waals surface area contributed by atoms with E-state index in [4.69, 9.17) is 4.74 Å². The Bertz CT molecular complexity index is 694. The van der Waals surface area contributed by atoms with Crippen LogP contribution < -0.4 is 20.3 Å². The Balaban J connectivity index is 1.46. The van der Waals surface area contributed by atoms with Gasteiger partial charge in [-0.3, -0.25) is 4.79 Å². The number of carbonyl (C=O) groups excluding carboxylic acids is 1. The third kappa shape index (κ3) is 4.73. The topological polar surface area (TPSA) is 53.6 Å². The molecular formula is C20H25N3O2. The van der Waals surface area contributed by atoms with Crippen LogP contribution in [0.2, 0.25) is 0 Å². The van der Waals surface area contributed by atoms with Crippen LogP contribution >= 0.6 is 0 Å². The van der Waals surface area contributed by atoms with Crippen molar-refractivity contribution in [1.29, 1.82) is 0 Å². The molecule has 0 spiro atoms. The van der Waals surface area contributed by atoms with Crippen molar-refractivity contribution in [2.24, 2.45) is 0 Å². The molecule has 0 saturated carbocycles. The number of rotatable bonds is 7. The van der Waals surface area contributed by atoms with Crippen LogP contribution in [0.15, 0.2) is 48.5 Å². The van der Waals surface area contributed by atoms with Crippen LogP contribution in [-0.4, -0.2) is 32.7 Å². The second kappa shape index (κ2) is 8.53. The monoisotopic (exact) mass is 339 g/mol. The lowest BCUT2D eigenvalue weighted by atomic mass is 10.2. The van der Waals surface area contributed by atoms with Crippen molar-refractivity contribution in [3.8, 4) is 5.75 Å². The number of nitrogens with zero attached hydrogens (tertiary/aromatic N) is 1. The fraction of sp³-hybridized carbons (Fsp3) is 0.350. The van der Waals surface area contributed by atoms with Gasteiger partial charge in [0.2, 0.25) is 5.91 Å². The van der Waals surface area contributed by atoms with Crippen molar-refractivity contribution in [2.45, 2.75) is 19.4 Å². The summed E-state index contributed by atoms with van der Waals surface area (Å²) in [5, 5.41) is 6.08. The van der Waals surface area contributed by atoms with E-state index in [9.17, 15) is 4.79 Å².